The van der Waals surface area contributed by atoms with Crippen LogP contribution in [0, 0.1) is 5.41 Å². The lowest BCUT2D eigenvalue weighted by molar-refractivity contribution is -0.129. The third-order valence-electron chi connectivity index (χ3n) is 3.40. The Morgan fingerprint density at radius 1 is 1.44 bits per heavy atom. The number of carbonyl (C=O) groups excluding carboxylic acids is 1. The van der Waals surface area contributed by atoms with Crippen molar-refractivity contribution < 1.29 is 4.79 Å². The third-order valence-corrected chi connectivity index (χ3v) is 3.40. The monoisotopic (exact) mass is 219 g/mol. The van der Waals surface area contributed by atoms with Crippen molar-refractivity contribution >= 4 is 5.91 Å². The quantitative estimate of drug-likeness (QED) is 0.721. The fraction of sp³-hybridized carbons (Fsp3) is 0.643. The van der Waals surface area contributed by atoms with E-state index in [-0.39, 0.29) is 17.4 Å². The van der Waals surface area contributed by atoms with E-state index in [2.05, 4.69) is 17.5 Å². The second-order valence-corrected chi connectivity index (χ2v) is 5.83. The Hall–Kier alpha value is -1.05. The number of allylic oxidation sites excluding steroid dienone is 2. The highest BCUT2D eigenvalue weighted by Gasteiger charge is 2.28. The van der Waals surface area contributed by atoms with Crippen molar-refractivity contribution in [3.05, 3.63) is 23.3 Å². The lowest BCUT2D eigenvalue weighted by atomic mass is 9.88. The molecule has 0 aromatic rings. The number of nitrogens with one attached hydrogen (secondary N) is 1. The van der Waals surface area contributed by atoms with E-state index in [4.69, 9.17) is 0 Å². The molecule has 0 saturated heterocycles. The Morgan fingerprint density at radius 3 is 2.88 bits per heavy atom. The molecule has 0 spiro atoms. The van der Waals surface area contributed by atoms with E-state index in [1.165, 1.54) is 24.0 Å². The number of carbonyl (C=O) groups is 1. The summed E-state index contributed by atoms with van der Waals surface area (Å²) in [6.07, 6.45) is 9.01. The van der Waals surface area contributed by atoms with Gasteiger partial charge in [0.25, 0.3) is 0 Å². The summed E-state index contributed by atoms with van der Waals surface area (Å²) in [5.74, 6) is 0.159. The molecule has 1 unspecified atom stereocenters. The van der Waals surface area contributed by atoms with Crippen LogP contribution >= 0.6 is 0 Å². The van der Waals surface area contributed by atoms with Gasteiger partial charge in [-0.15, -0.1) is 0 Å². The van der Waals surface area contributed by atoms with Crippen LogP contribution in [0.25, 0.3) is 0 Å². The molecule has 1 atom stereocenters. The lowest BCUT2D eigenvalue weighted by Gasteiger charge is -2.28. The predicted molar refractivity (Wildman–Crippen MR) is 66.0 cm³/mol. The van der Waals surface area contributed by atoms with Gasteiger partial charge in [0.1, 0.15) is 0 Å². The molecular weight excluding hydrogens is 198 g/mol. The summed E-state index contributed by atoms with van der Waals surface area (Å²) in [5.41, 5.74) is 2.62. The number of rotatable bonds is 1. The van der Waals surface area contributed by atoms with Gasteiger partial charge in [-0.2, -0.15) is 0 Å². The number of hydrogen-bond acceptors (Lipinski definition) is 1. The Balaban J connectivity index is 2.08. The highest BCUT2D eigenvalue weighted by atomic mass is 16.2. The molecule has 1 amide bonds. The standard InChI is InChI=1S/C14H21NO/c1-14(2,3)13(16)15-12-9-5-7-10-6-4-8-11(10)12/h4,8,12H,5-7,9H2,1-3H3,(H,15,16). The Labute approximate surface area is 97.8 Å². The highest BCUT2D eigenvalue weighted by Crippen LogP contribution is 2.33. The van der Waals surface area contributed by atoms with Crippen molar-refractivity contribution in [2.24, 2.45) is 5.41 Å². The Kier molecular flexibility index (Phi) is 2.92. The summed E-state index contributed by atoms with van der Waals surface area (Å²) < 4.78 is 0. The van der Waals surface area contributed by atoms with E-state index in [1.54, 1.807) is 0 Å². The maximum atomic E-state index is 12.0. The minimum atomic E-state index is -0.291. The smallest absolute Gasteiger partial charge is 0.225 e. The van der Waals surface area contributed by atoms with Crippen LogP contribution in [0.15, 0.2) is 23.3 Å². The van der Waals surface area contributed by atoms with Crippen molar-refractivity contribution in [1.29, 1.82) is 0 Å². The van der Waals surface area contributed by atoms with Gasteiger partial charge in [0.15, 0.2) is 0 Å². The molecule has 2 aliphatic rings. The molecule has 0 aromatic carbocycles. The molecule has 2 rings (SSSR count). The van der Waals surface area contributed by atoms with Crippen molar-refractivity contribution in [2.75, 3.05) is 0 Å². The molecule has 0 bridgehead atoms. The lowest BCUT2D eigenvalue weighted by Crippen LogP contribution is -2.43. The van der Waals surface area contributed by atoms with E-state index < -0.39 is 0 Å². The first-order valence-corrected chi connectivity index (χ1v) is 6.18. The molecule has 0 aliphatic heterocycles. The van der Waals surface area contributed by atoms with Crippen molar-refractivity contribution in [1.82, 2.24) is 5.32 Å². The fourth-order valence-electron chi connectivity index (χ4n) is 2.37. The van der Waals surface area contributed by atoms with Gasteiger partial charge in [0, 0.05) is 5.41 Å². The summed E-state index contributed by atoms with van der Waals surface area (Å²) in [6, 6.07) is 0.259. The van der Waals surface area contributed by atoms with Crippen LogP contribution in [0.4, 0.5) is 0 Å². The van der Waals surface area contributed by atoms with Crippen LogP contribution in [-0.4, -0.2) is 11.9 Å². The molecule has 88 valence electrons. The average Bonchev–Trinajstić information content (AvgIpc) is 2.65. The van der Waals surface area contributed by atoms with Gasteiger partial charge in [-0.1, -0.05) is 38.5 Å². The van der Waals surface area contributed by atoms with Crippen LogP contribution < -0.4 is 5.32 Å². The molecule has 2 nitrogen and oxygen atoms in total. The zero-order valence-electron chi connectivity index (χ0n) is 10.5. The predicted octanol–water partition coefficient (Wildman–Crippen LogP) is 2.96. The van der Waals surface area contributed by atoms with Crippen LogP contribution in [0.3, 0.4) is 0 Å². The van der Waals surface area contributed by atoms with Gasteiger partial charge in [-0.05, 0) is 31.3 Å². The minimum absolute atomic E-state index is 0.159. The summed E-state index contributed by atoms with van der Waals surface area (Å²) in [7, 11) is 0. The summed E-state index contributed by atoms with van der Waals surface area (Å²) in [4.78, 5) is 12.0. The first-order valence-electron chi connectivity index (χ1n) is 6.18. The Bertz CT molecular complexity index is 357. The molecule has 0 aromatic heterocycles. The van der Waals surface area contributed by atoms with E-state index in [0.29, 0.717) is 0 Å². The van der Waals surface area contributed by atoms with E-state index in [0.717, 1.165) is 12.8 Å². The average molecular weight is 219 g/mol. The van der Waals surface area contributed by atoms with Gasteiger partial charge in [0.2, 0.25) is 5.91 Å². The number of hydrogen-bond donors (Lipinski definition) is 1. The highest BCUT2D eigenvalue weighted by molar-refractivity contribution is 5.82. The fourth-order valence-corrected chi connectivity index (χ4v) is 2.37. The first kappa shape index (κ1) is 11.4. The van der Waals surface area contributed by atoms with Gasteiger partial charge >= 0.3 is 0 Å². The molecule has 2 heteroatoms. The van der Waals surface area contributed by atoms with Gasteiger partial charge < -0.3 is 5.32 Å². The molecule has 16 heavy (non-hydrogen) atoms. The van der Waals surface area contributed by atoms with Crippen molar-refractivity contribution in [2.45, 2.75) is 52.5 Å². The van der Waals surface area contributed by atoms with Crippen molar-refractivity contribution in [3.63, 3.8) is 0 Å². The zero-order valence-corrected chi connectivity index (χ0v) is 10.5. The number of amides is 1. The normalized spacial score (nSPS) is 24.6. The summed E-state index contributed by atoms with van der Waals surface area (Å²) in [5, 5.41) is 3.18. The van der Waals surface area contributed by atoms with E-state index in [9.17, 15) is 4.79 Å². The van der Waals surface area contributed by atoms with Gasteiger partial charge in [0.05, 0.1) is 6.04 Å². The largest absolute Gasteiger partial charge is 0.349 e. The molecule has 0 radical (unpaired) electrons. The van der Waals surface area contributed by atoms with E-state index >= 15 is 0 Å². The zero-order chi connectivity index (χ0) is 11.8. The van der Waals surface area contributed by atoms with Crippen LogP contribution in [-0.2, 0) is 4.79 Å². The second-order valence-electron chi connectivity index (χ2n) is 5.83. The molecule has 0 fully saturated rings. The topological polar surface area (TPSA) is 29.1 Å². The molecule has 0 saturated carbocycles. The molecule has 0 heterocycles. The van der Waals surface area contributed by atoms with Crippen LogP contribution in [0.2, 0.25) is 0 Å². The Morgan fingerprint density at radius 2 is 2.19 bits per heavy atom. The van der Waals surface area contributed by atoms with Gasteiger partial charge in [-0.3, -0.25) is 4.79 Å². The first-order chi connectivity index (χ1) is 7.48. The molecule has 1 N–H and O–H groups in total. The minimum Gasteiger partial charge on any atom is -0.349 e. The van der Waals surface area contributed by atoms with Crippen molar-refractivity contribution in [3.8, 4) is 0 Å². The third kappa shape index (κ3) is 2.21. The SMILES string of the molecule is CC(C)(C)C(=O)NC1CCCC2=C1C=CC2. The van der Waals surface area contributed by atoms with Gasteiger partial charge in [-0.25, -0.2) is 0 Å². The maximum absolute atomic E-state index is 12.0. The molecular formula is C14H21NO. The van der Waals surface area contributed by atoms with E-state index in [1.807, 2.05) is 20.8 Å². The summed E-state index contributed by atoms with van der Waals surface area (Å²) >= 11 is 0. The van der Waals surface area contributed by atoms with Crippen LogP contribution in [0.5, 0.6) is 0 Å². The second kappa shape index (κ2) is 4.08. The maximum Gasteiger partial charge on any atom is 0.225 e. The molecule has 2 aliphatic carbocycles. The van der Waals surface area contributed by atoms with Crippen LogP contribution in [0.1, 0.15) is 46.5 Å². The summed E-state index contributed by atoms with van der Waals surface area (Å²) in [6.45, 7) is 5.89.